The Hall–Kier alpha value is 0.120. The molecule has 92 valence electrons. The number of nitrogens with one attached hydrogen (secondary N) is 1. The Morgan fingerprint density at radius 3 is 2.33 bits per heavy atom. The van der Waals surface area contributed by atoms with Crippen LogP contribution in [0.4, 0.5) is 0 Å². The standard InChI is InChI=1S/C8H18ClNO4S/c1-13-8(14-2)7-10-15(11,12)6-4-3-5-9/h8,10H,3-7H2,1-2H3. The fraction of sp³-hybridized carbons (Fsp3) is 1.00. The van der Waals surface area contributed by atoms with Gasteiger partial charge in [-0.3, -0.25) is 0 Å². The van der Waals surface area contributed by atoms with E-state index < -0.39 is 16.3 Å². The highest BCUT2D eigenvalue weighted by Gasteiger charge is 2.13. The Balaban J connectivity index is 3.82. The summed E-state index contributed by atoms with van der Waals surface area (Å²) in [5.74, 6) is 0.564. The van der Waals surface area contributed by atoms with Crippen molar-refractivity contribution in [2.24, 2.45) is 0 Å². The molecule has 0 amide bonds. The zero-order valence-corrected chi connectivity index (χ0v) is 10.6. The fourth-order valence-electron chi connectivity index (χ4n) is 0.917. The van der Waals surface area contributed by atoms with Crippen LogP contribution >= 0.6 is 11.6 Å². The van der Waals surface area contributed by atoms with Gasteiger partial charge in [-0.2, -0.15) is 0 Å². The van der Waals surface area contributed by atoms with E-state index in [1.165, 1.54) is 14.2 Å². The number of methoxy groups -OCH3 is 2. The molecular weight excluding hydrogens is 242 g/mol. The van der Waals surface area contributed by atoms with Crippen LogP contribution in [0.15, 0.2) is 0 Å². The van der Waals surface area contributed by atoms with E-state index in [2.05, 4.69) is 4.72 Å². The van der Waals surface area contributed by atoms with Crippen LogP contribution in [0, 0.1) is 0 Å². The molecule has 0 atom stereocenters. The van der Waals surface area contributed by atoms with E-state index in [0.717, 1.165) is 0 Å². The van der Waals surface area contributed by atoms with E-state index >= 15 is 0 Å². The van der Waals surface area contributed by atoms with E-state index in [0.29, 0.717) is 18.7 Å². The molecule has 15 heavy (non-hydrogen) atoms. The lowest BCUT2D eigenvalue weighted by Crippen LogP contribution is -2.35. The summed E-state index contributed by atoms with van der Waals surface area (Å²) in [7, 11) is -0.329. The number of alkyl halides is 1. The largest absolute Gasteiger partial charge is 0.355 e. The lowest BCUT2D eigenvalue weighted by molar-refractivity contribution is -0.0960. The lowest BCUT2D eigenvalue weighted by atomic mass is 10.4. The molecule has 0 aliphatic carbocycles. The topological polar surface area (TPSA) is 64.6 Å². The molecular formula is C8H18ClNO4S. The van der Waals surface area contributed by atoms with E-state index in [4.69, 9.17) is 21.1 Å². The smallest absolute Gasteiger partial charge is 0.211 e. The second-order valence-electron chi connectivity index (χ2n) is 2.96. The molecule has 0 spiro atoms. The predicted molar refractivity (Wildman–Crippen MR) is 59.5 cm³/mol. The number of hydrogen-bond acceptors (Lipinski definition) is 4. The van der Waals surface area contributed by atoms with Gasteiger partial charge in [0.25, 0.3) is 0 Å². The first-order valence-corrected chi connectivity index (χ1v) is 6.83. The minimum Gasteiger partial charge on any atom is -0.355 e. The molecule has 0 fully saturated rings. The quantitative estimate of drug-likeness (QED) is 0.373. The minimum absolute atomic E-state index is 0.0832. The van der Waals surface area contributed by atoms with Crippen molar-refractivity contribution in [2.75, 3.05) is 32.4 Å². The molecule has 7 heteroatoms. The third kappa shape index (κ3) is 7.98. The average Bonchev–Trinajstić information content (AvgIpc) is 2.19. The Bertz CT molecular complexity index is 241. The normalized spacial score (nSPS) is 12.3. The maximum Gasteiger partial charge on any atom is 0.211 e. The van der Waals surface area contributed by atoms with Crippen molar-refractivity contribution in [3.63, 3.8) is 0 Å². The van der Waals surface area contributed by atoms with Gasteiger partial charge in [-0.15, -0.1) is 11.6 Å². The van der Waals surface area contributed by atoms with Gasteiger partial charge in [0.15, 0.2) is 6.29 Å². The van der Waals surface area contributed by atoms with Gasteiger partial charge >= 0.3 is 0 Å². The number of sulfonamides is 1. The number of rotatable bonds is 9. The molecule has 0 bridgehead atoms. The summed E-state index contributed by atoms with van der Waals surface area (Å²) < 4.78 is 34.9. The lowest BCUT2D eigenvalue weighted by Gasteiger charge is -2.14. The van der Waals surface area contributed by atoms with Crippen molar-refractivity contribution in [1.29, 1.82) is 0 Å². The van der Waals surface area contributed by atoms with Gasteiger partial charge in [0, 0.05) is 20.1 Å². The fourth-order valence-corrected chi connectivity index (χ4v) is 2.22. The van der Waals surface area contributed by atoms with E-state index in [1.807, 2.05) is 0 Å². The third-order valence-corrected chi connectivity index (χ3v) is 3.49. The van der Waals surface area contributed by atoms with E-state index in [-0.39, 0.29) is 12.3 Å². The van der Waals surface area contributed by atoms with E-state index in [1.54, 1.807) is 0 Å². The molecule has 0 saturated heterocycles. The molecule has 0 saturated carbocycles. The van der Waals surface area contributed by atoms with Crippen molar-refractivity contribution in [2.45, 2.75) is 19.1 Å². The highest BCUT2D eigenvalue weighted by atomic mass is 35.5. The zero-order chi connectivity index (χ0) is 11.7. The SMILES string of the molecule is COC(CNS(=O)(=O)CCCCCl)OC. The number of hydrogen-bond donors (Lipinski definition) is 1. The van der Waals surface area contributed by atoms with Crippen molar-refractivity contribution < 1.29 is 17.9 Å². The minimum atomic E-state index is -3.24. The Morgan fingerprint density at radius 1 is 1.27 bits per heavy atom. The summed E-state index contributed by atoms with van der Waals surface area (Å²) >= 11 is 5.45. The third-order valence-electron chi connectivity index (χ3n) is 1.79. The Kier molecular flexibility index (Phi) is 8.36. The predicted octanol–water partition coefficient (Wildman–Crippen LogP) is 0.544. The van der Waals surface area contributed by atoms with E-state index in [9.17, 15) is 8.42 Å². The van der Waals surface area contributed by atoms with Crippen LogP contribution < -0.4 is 4.72 Å². The Morgan fingerprint density at radius 2 is 1.87 bits per heavy atom. The van der Waals surface area contributed by atoms with Gasteiger partial charge in [0.05, 0.1) is 12.3 Å². The summed E-state index contributed by atoms with van der Waals surface area (Å²) in [4.78, 5) is 0. The second-order valence-corrected chi connectivity index (χ2v) is 5.27. The first kappa shape index (κ1) is 15.1. The molecule has 0 rings (SSSR count). The Labute approximate surface area is 96.1 Å². The number of halogens is 1. The van der Waals surface area contributed by atoms with Crippen LogP contribution in [0.25, 0.3) is 0 Å². The monoisotopic (exact) mass is 259 g/mol. The first-order valence-electron chi connectivity index (χ1n) is 4.64. The van der Waals surface area contributed by atoms with Gasteiger partial charge in [0.2, 0.25) is 10.0 Å². The van der Waals surface area contributed by atoms with Crippen LogP contribution in [0.1, 0.15) is 12.8 Å². The molecule has 1 N–H and O–H groups in total. The van der Waals surface area contributed by atoms with Crippen molar-refractivity contribution >= 4 is 21.6 Å². The summed E-state index contributed by atoms with van der Waals surface area (Å²) in [6, 6.07) is 0. The van der Waals surface area contributed by atoms with Crippen LogP contribution in [0.3, 0.4) is 0 Å². The number of ether oxygens (including phenoxy) is 2. The summed E-state index contributed by atoms with van der Waals surface area (Å²) in [5.41, 5.74) is 0. The maximum absolute atomic E-state index is 11.4. The van der Waals surface area contributed by atoms with Crippen molar-refractivity contribution in [3.05, 3.63) is 0 Å². The molecule has 5 nitrogen and oxygen atoms in total. The van der Waals surface area contributed by atoms with Gasteiger partial charge < -0.3 is 9.47 Å². The molecule has 0 radical (unpaired) electrons. The van der Waals surface area contributed by atoms with Crippen LogP contribution in [-0.2, 0) is 19.5 Å². The molecule has 0 aromatic heterocycles. The highest BCUT2D eigenvalue weighted by Crippen LogP contribution is 1.97. The van der Waals surface area contributed by atoms with Crippen molar-refractivity contribution in [1.82, 2.24) is 4.72 Å². The van der Waals surface area contributed by atoms with Crippen LogP contribution in [0.5, 0.6) is 0 Å². The second kappa shape index (κ2) is 8.29. The summed E-state index contributed by atoms with van der Waals surface area (Å²) in [6.07, 6.45) is 0.706. The summed E-state index contributed by atoms with van der Waals surface area (Å²) in [6.45, 7) is 0.121. The van der Waals surface area contributed by atoms with Gasteiger partial charge in [-0.05, 0) is 12.8 Å². The molecule has 0 aliphatic rings. The van der Waals surface area contributed by atoms with Crippen LogP contribution in [0.2, 0.25) is 0 Å². The molecule has 0 unspecified atom stereocenters. The van der Waals surface area contributed by atoms with Gasteiger partial charge in [-0.1, -0.05) is 0 Å². The molecule has 0 aromatic carbocycles. The first-order chi connectivity index (χ1) is 7.05. The van der Waals surface area contributed by atoms with Crippen LogP contribution in [-0.4, -0.2) is 47.1 Å². The zero-order valence-electron chi connectivity index (χ0n) is 9.03. The summed E-state index contributed by atoms with van der Waals surface area (Å²) in [5, 5.41) is 0. The molecule has 0 aromatic rings. The van der Waals surface area contributed by atoms with Gasteiger partial charge in [0.1, 0.15) is 0 Å². The van der Waals surface area contributed by atoms with Crippen molar-refractivity contribution in [3.8, 4) is 0 Å². The van der Waals surface area contributed by atoms with Gasteiger partial charge in [-0.25, -0.2) is 13.1 Å². The number of unbranched alkanes of at least 4 members (excludes halogenated alkanes) is 1. The molecule has 0 aliphatic heterocycles. The maximum atomic E-state index is 11.4. The average molecular weight is 260 g/mol. The molecule has 0 heterocycles. The highest BCUT2D eigenvalue weighted by molar-refractivity contribution is 7.89.